The molecule has 1 atom stereocenters. The summed E-state index contributed by atoms with van der Waals surface area (Å²) in [5, 5.41) is 0. The zero-order chi connectivity index (χ0) is 11.3. The van der Waals surface area contributed by atoms with Crippen LogP contribution in [0.4, 0.5) is 0 Å². The standard InChI is InChI=1S/C12H16O3/c1-9(8-12(13)15-3)10-6-4-5-7-11(10)14-2/h4-7,9H,8H2,1-3H3/t9-/m1/s1. The lowest BCUT2D eigenvalue weighted by Crippen LogP contribution is -2.07. The Bertz CT molecular complexity index is 333. The van der Waals surface area contributed by atoms with Crippen LogP contribution < -0.4 is 4.74 Å². The number of rotatable bonds is 4. The molecular formula is C12H16O3. The van der Waals surface area contributed by atoms with Gasteiger partial charge in [-0.15, -0.1) is 0 Å². The number of hydrogen-bond acceptors (Lipinski definition) is 3. The molecule has 1 aromatic carbocycles. The van der Waals surface area contributed by atoms with Crippen LogP contribution >= 0.6 is 0 Å². The van der Waals surface area contributed by atoms with Crippen LogP contribution in [0, 0.1) is 0 Å². The summed E-state index contributed by atoms with van der Waals surface area (Å²) in [5.41, 5.74) is 1.03. The van der Waals surface area contributed by atoms with Gasteiger partial charge in [0.1, 0.15) is 5.75 Å². The summed E-state index contributed by atoms with van der Waals surface area (Å²) in [4.78, 5) is 11.1. The van der Waals surface area contributed by atoms with E-state index in [9.17, 15) is 4.79 Å². The molecule has 0 aliphatic carbocycles. The van der Waals surface area contributed by atoms with Gasteiger partial charge in [0.15, 0.2) is 0 Å². The molecule has 0 unspecified atom stereocenters. The van der Waals surface area contributed by atoms with Crippen LogP contribution in [0.3, 0.4) is 0 Å². The van der Waals surface area contributed by atoms with Crippen molar-refractivity contribution in [1.29, 1.82) is 0 Å². The third-order valence-corrected chi connectivity index (χ3v) is 2.37. The third kappa shape index (κ3) is 2.98. The van der Waals surface area contributed by atoms with Crippen molar-refractivity contribution in [3.8, 4) is 5.75 Å². The molecular weight excluding hydrogens is 192 g/mol. The lowest BCUT2D eigenvalue weighted by atomic mass is 9.97. The maximum Gasteiger partial charge on any atom is 0.306 e. The molecule has 0 N–H and O–H groups in total. The molecule has 0 saturated carbocycles. The molecule has 0 aliphatic heterocycles. The molecule has 3 nitrogen and oxygen atoms in total. The first-order chi connectivity index (χ1) is 7.19. The molecule has 15 heavy (non-hydrogen) atoms. The predicted molar refractivity (Wildman–Crippen MR) is 58.0 cm³/mol. The van der Waals surface area contributed by atoms with Gasteiger partial charge in [-0.25, -0.2) is 0 Å². The number of carbonyl (C=O) groups excluding carboxylic acids is 1. The zero-order valence-corrected chi connectivity index (χ0v) is 9.32. The van der Waals surface area contributed by atoms with Crippen molar-refractivity contribution in [3.63, 3.8) is 0 Å². The summed E-state index contributed by atoms with van der Waals surface area (Å²) in [6.07, 6.45) is 0.372. The quantitative estimate of drug-likeness (QED) is 0.712. The monoisotopic (exact) mass is 208 g/mol. The van der Waals surface area contributed by atoms with E-state index in [1.54, 1.807) is 7.11 Å². The Morgan fingerprint density at radius 2 is 2.00 bits per heavy atom. The van der Waals surface area contributed by atoms with Crippen molar-refractivity contribution in [3.05, 3.63) is 29.8 Å². The molecule has 1 aromatic rings. The van der Waals surface area contributed by atoms with E-state index in [0.29, 0.717) is 6.42 Å². The molecule has 0 aromatic heterocycles. The van der Waals surface area contributed by atoms with Crippen LogP contribution in [-0.4, -0.2) is 20.2 Å². The Kier molecular flexibility index (Phi) is 4.16. The fraction of sp³-hybridized carbons (Fsp3) is 0.417. The number of hydrogen-bond donors (Lipinski definition) is 0. The van der Waals surface area contributed by atoms with Crippen molar-refractivity contribution in [2.24, 2.45) is 0 Å². The van der Waals surface area contributed by atoms with E-state index in [4.69, 9.17) is 4.74 Å². The summed E-state index contributed by atoms with van der Waals surface area (Å²) >= 11 is 0. The SMILES string of the molecule is COC(=O)C[C@@H](C)c1ccccc1OC. The van der Waals surface area contributed by atoms with E-state index < -0.39 is 0 Å². The van der Waals surface area contributed by atoms with Crippen LogP contribution in [0.5, 0.6) is 5.75 Å². The zero-order valence-electron chi connectivity index (χ0n) is 9.32. The van der Waals surface area contributed by atoms with E-state index in [1.807, 2.05) is 31.2 Å². The maximum atomic E-state index is 11.1. The first-order valence-electron chi connectivity index (χ1n) is 4.88. The number of methoxy groups -OCH3 is 2. The highest BCUT2D eigenvalue weighted by atomic mass is 16.5. The van der Waals surface area contributed by atoms with E-state index in [0.717, 1.165) is 11.3 Å². The van der Waals surface area contributed by atoms with Gasteiger partial charge in [-0.1, -0.05) is 25.1 Å². The predicted octanol–water partition coefficient (Wildman–Crippen LogP) is 2.36. The minimum Gasteiger partial charge on any atom is -0.496 e. The maximum absolute atomic E-state index is 11.1. The van der Waals surface area contributed by atoms with Gasteiger partial charge in [0.05, 0.1) is 20.6 Å². The van der Waals surface area contributed by atoms with Gasteiger partial charge in [0.2, 0.25) is 0 Å². The molecule has 3 heteroatoms. The highest BCUT2D eigenvalue weighted by molar-refractivity contribution is 5.70. The number of ether oxygens (including phenoxy) is 2. The first-order valence-corrected chi connectivity index (χ1v) is 4.88. The van der Waals surface area contributed by atoms with Crippen molar-refractivity contribution in [1.82, 2.24) is 0 Å². The average molecular weight is 208 g/mol. The van der Waals surface area contributed by atoms with Gasteiger partial charge < -0.3 is 9.47 Å². The second-order valence-electron chi connectivity index (χ2n) is 3.42. The van der Waals surface area contributed by atoms with Crippen molar-refractivity contribution in [2.45, 2.75) is 19.3 Å². The summed E-state index contributed by atoms with van der Waals surface area (Å²) < 4.78 is 9.87. The molecule has 0 bridgehead atoms. The average Bonchev–Trinajstić information content (AvgIpc) is 2.28. The molecule has 0 amide bonds. The fourth-order valence-electron chi connectivity index (χ4n) is 1.52. The third-order valence-electron chi connectivity index (χ3n) is 2.37. The van der Waals surface area contributed by atoms with Crippen molar-refractivity contribution < 1.29 is 14.3 Å². The summed E-state index contributed by atoms with van der Waals surface area (Å²) in [6, 6.07) is 7.70. The summed E-state index contributed by atoms with van der Waals surface area (Å²) in [5.74, 6) is 0.718. The van der Waals surface area contributed by atoms with Crippen LogP contribution in [0.2, 0.25) is 0 Å². The second kappa shape index (κ2) is 5.39. The summed E-state index contributed by atoms with van der Waals surface area (Å²) in [7, 11) is 3.03. The Morgan fingerprint density at radius 3 is 2.60 bits per heavy atom. The number of carbonyl (C=O) groups is 1. The van der Waals surface area contributed by atoms with Crippen LogP contribution in [0.15, 0.2) is 24.3 Å². The molecule has 1 rings (SSSR count). The molecule has 0 saturated heterocycles. The lowest BCUT2D eigenvalue weighted by Gasteiger charge is -2.14. The van der Waals surface area contributed by atoms with E-state index in [2.05, 4.69) is 4.74 Å². The highest BCUT2D eigenvalue weighted by Crippen LogP contribution is 2.28. The fourth-order valence-corrected chi connectivity index (χ4v) is 1.52. The first kappa shape index (κ1) is 11.6. The molecule has 0 fully saturated rings. The minimum atomic E-state index is -0.201. The minimum absolute atomic E-state index is 0.105. The molecule has 0 aliphatic rings. The Labute approximate surface area is 90.0 Å². The van der Waals surface area contributed by atoms with E-state index >= 15 is 0 Å². The topological polar surface area (TPSA) is 35.5 Å². The van der Waals surface area contributed by atoms with Gasteiger partial charge in [-0.05, 0) is 17.5 Å². The van der Waals surface area contributed by atoms with Crippen LogP contribution in [0.25, 0.3) is 0 Å². The smallest absolute Gasteiger partial charge is 0.306 e. The van der Waals surface area contributed by atoms with E-state index in [1.165, 1.54) is 7.11 Å². The van der Waals surface area contributed by atoms with Crippen LogP contribution in [0.1, 0.15) is 24.8 Å². The van der Waals surface area contributed by atoms with E-state index in [-0.39, 0.29) is 11.9 Å². The van der Waals surface area contributed by atoms with Crippen LogP contribution in [-0.2, 0) is 9.53 Å². The highest BCUT2D eigenvalue weighted by Gasteiger charge is 2.14. The number of benzene rings is 1. The summed E-state index contributed by atoms with van der Waals surface area (Å²) in [6.45, 7) is 1.98. The second-order valence-corrected chi connectivity index (χ2v) is 3.42. The Hall–Kier alpha value is -1.51. The molecule has 82 valence electrons. The molecule has 0 heterocycles. The van der Waals surface area contributed by atoms with Gasteiger partial charge in [0, 0.05) is 0 Å². The largest absolute Gasteiger partial charge is 0.496 e. The van der Waals surface area contributed by atoms with Gasteiger partial charge in [-0.2, -0.15) is 0 Å². The van der Waals surface area contributed by atoms with Gasteiger partial charge in [0.25, 0.3) is 0 Å². The number of esters is 1. The Morgan fingerprint density at radius 1 is 1.33 bits per heavy atom. The van der Waals surface area contributed by atoms with Crippen molar-refractivity contribution in [2.75, 3.05) is 14.2 Å². The Balaban J connectivity index is 2.80. The molecule has 0 spiro atoms. The van der Waals surface area contributed by atoms with Gasteiger partial charge in [-0.3, -0.25) is 4.79 Å². The lowest BCUT2D eigenvalue weighted by molar-refractivity contribution is -0.140. The van der Waals surface area contributed by atoms with Gasteiger partial charge >= 0.3 is 5.97 Å². The normalized spacial score (nSPS) is 11.9. The van der Waals surface area contributed by atoms with Crippen molar-refractivity contribution >= 4 is 5.97 Å². The molecule has 0 radical (unpaired) electrons. The number of para-hydroxylation sites is 1.